The summed E-state index contributed by atoms with van der Waals surface area (Å²) in [7, 11) is 0. The number of alkyl halides is 3. The van der Waals surface area contributed by atoms with Crippen LogP contribution in [0.5, 0.6) is 0 Å². The summed E-state index contributed by atoms with van der Waals surface area (Å²) < 4.78 is 38.6. The standard InChI is InChI=1S/C16H12F3NOS/c17-16(18,19)10-2-1-3-11(7-10)20-14(21)12-8-4-5-9(6-8)13(12)15(20)22/h1-5,7-9,12-13H,6H2. The molecule has 0 N–H and O–H groups in total. The third kappa shape index (κ3) is 1.79. The average molecular weight is 323 g/mol. The van der Waals surface area contributed by atoms with E-state index in [0.717, 1.165) is 18.6 Å². The number of benzene rings is 1. The molecule has 4 rings (SSSR count). The Morgan fingerprint density at radius 2 is 1.82 bits per heavy atom. The van der Waals surface area contributed by atoms with Crippen LogP contribution in [0.1, 0.15) is 12.0 Å². The first-order valence-electron chi connectivity index (χ1n) is 7.11. The molecule has 1 amide bonds. The Balaban J connectivity index is 1.73. The quantitative estimate of drug-likeness (QED) is 0.578. The van der Waals surface area contributed by atoms with Gasteiger partial charge in [0.25, 0.3) is 0 Å². The number of carbonyl (C=O) groups excluding carboxylic acids is 1. The van der Waals surface area contributed by atoms with Gasteiger partial charge >= 0.3 is 6.18 Å². The number of allylic oxidation sites excluding steroid dienone is 2. The summed E-state index contributed by atoms with van der Waals surface area (Å²) in [6.45, 7) is 0. The molecule has 3 aliphatic rings. The van der Waals surface area contributed by atoms with Crippen molar-refractivity contribution in [3.05, 3.63) is 42.0 Å². The van der Waals surface area contributed by atoms with Crippen LogP contribution in [0, 0.1) is 23.7 Å². The summed E-state index contributed by atoms with van der Waals surface area (Å²) in [4.78, 5) is 14.4. The van der Waals surface area contributed by atoms with Crippen molar-refractivity contribution >= 4 is 28.8 Å². The third-order valence-electron chi connectivity index (χ3n) is 4.90. The van der Waals surface area contributed by atoms with Gasteiger partial charge in [-0.05, 0) is 36.5 Å². The highest BCUT2D eigenvalue weighted by Gasteiger charge is 2.57. The first-order valence-corrected chi connectivity index (χ1v) is 7.52. The van der Waals surface area contributed by atoms with Crippen LogP contribution in [0.2, 0.25) is 0 Å². The maximum atomic E-state index is 12.9. The molecule has 114 valence electrons. The fourth-order valence-corrected chi connectivity index (χ4v) is 4.49. The second kappa shape index (κ2) is 4.41. The molecule has 2 nitrogen and oxygen atoms in total. The minimum Gasteiger partial charge on any atom is -0.274 e. The first kappa shape index (κ1) is 13.9. The Labute approximate surface area is 130 Å². The summed E-state index contributed by atoms with van der Waals surface area (Å²) in [6.07, 6.45) is 0.623. The van der Waals surface area contributed by atoms with E-state index in [-0.39, 0.29) is 35.3 Å². The number of thiocarbonyl (C=S) groups is 1. The van der Waals surface area contributed by atoms with E-state index in [1.54, 1.807) is 0 Å². The predicted molar refractivity (Wildman–Crippen MR) is 79.2 cm³/mol. The maximum absolute atomic E-state index is 12.9. The number of hydrogen-bond acceptors (Lipinski definition) is 2. The molecule has 2 fully saturated rings. The van der Waals surface area contributed by atoms with Gasteiger partial charge < -0.3 is 0 Å². The zero-order valence-electron chi connectivity index (χ0n) is 11.4. The van der Waals surface area contributed by atoms with Crippen LogP contribution in [0.15, 0.2) is 36.4 Å². The van der Waals surface area contributed by atoms with E-state index < -0.39 is 11.7 Å². The molecule has 1 aliphatic heterocycles. The van der Waals surface area contributed by atoms with Crippen molar-refractivity contribution in [3.8, 4) is 0 Å². The van der Waals surface area contributed by atoms with E-state index in [0.29, 0.717) is 4.99 Å². The second-order valence-corrected chi connectivity index (χ2v) is 6.48. The number of halogens is 3. The number of anilines is 1. The lowest BCUT2D eigenvalue weighted by molar-refractivity contribution is -0.137. The minimum absolute atomic E-state index is 0.0351. The van der Waals surface area contributed by atoms with Gasteiger partial charge in [0.2, 0.25) is 5.91 Å². The Morgan fingerprint density at radius 3 is 2.45 bits per heavy atom. The van der Waals surface area contributed by atoms with Crippen LogP contribution in [0.4, 0.5) is 18.9 Å². The molecular formula is C16H12F3NOS. The van der Waals surface area contributed by atoms with Gasteiger partial charge in [0.15, 0.2) is 0 Å². The predicted octanol–water partition coefficient (Wildman–Crippen LogP) is 3.82. The lowest BCUT2D eigenvalue weighted by atomic mass is 9.86. The number of nitrogens with zero attached hydrogens (tertiary/aromatic N) is 1. The Morgan fingerprint density at radius 1 is 1.14 bits per heavy atom. The van der Waals surface area contributed by atoms with Gasteiger partial charge in [0.05, 0.1) is 22.2 Å². The van der Waals surface area contributed by atoms with Crippen LogP contribution in [0.25, 0.3) is 0 Å². The molecule has 22 heavy (non-hydrogen) atoms. The molecule has 1 aromatic carbocycles. The van der Waals surface area contributed by atoms with E-state index >= 15 is 0 Å². The SMILES string of the molecule is O=C1C2C3C=CC(C3)C2C(=S)N1c1cccc(C(F)(F)F)c1. The zero-order chi connectivity index (χ0) is 15.6. The average Bonchev–Trinajstić information content (AvgIpc) is 3.12. The molecule has 0 spiro atoms. The van der Waals surface area contributed by atoms with Crippen LogP contribution >= 0.6 is 12.2 Å². The van der Waals surface area contributed by atoms with Crippen LogP contribution in [0.3, 0.4) is 0 Å². The van der Waals surface area contributed by atoms with Crippen molar-refractivity contribution in [1.29, 1.82) is 0 Å². The number of amides is 1. The number of carbonyl (C=O) groups is 1. The zero-order valence-corrected chi connectivity index (χ0v) is 12.2. The van der Waals surface area contributed by atoms with Gasteiger partial charge in [0, 0.05) is 5.92 Å². The van der Waals surface area contributed by atoms with Crippen LogP contribution in [-0.4, -0.2) is 10.9 Å². The van der Waals surface area contributed by atoms with Crippen molar-refractivity contribution < 1.29 is 18.0 Å². The summed E-state index contributed by atoms with van der Waals surface area (Å²) >= 11 is 5.43. The molecule has 4 atom stereocenters. The number of fused-ring (bicyclic) bond motifs is 5. The van der Waals surface area contributed by atoms with Gasteiger partial charge in [0.1, 0.15) is 0 Å². The topological polar surface area (TPSA) is 20.3 Å². The van der Waals surface area contributed by atoms with E-state index in [9.17, 15) is 18.0 Å². The van der Waals surface area contributed by atoms with E-state index in [2.05, 4.69) is 6.08 Å². The monoisotopic (exact) mass is 323 g/mol. The Hall–Kier alpha value is -1.69. The second-order valence-electron chi connectivity index (χ2n) is 6.06. The summed E-state index contributed by atoms with van der Waals surface area (Å²) in [5.74, 6) is 0.0359. The summed E-state index contributed by atoms with van der Waals surface area (Å²) in [6, 6.07) is 4.82. The van der Waals surface area contributed by atoms with Crippen molar-refractivity contribution in [3.63, 3.8) is 0 Å². The van der Waals surface area contributed by atoms with Crippen molar-refractivity contribution in [1.82, 2.24) is 0 Å². The maximum Gasteiger partial charge on any atom is 0.416 e. The van der Waals surface area contributed by atoms with Gasteiger partial charge in [-0.2, -0.15) is 13.2 Å². The lowest BCUT2D eigenvalue weighted by Gasteiger charge is -2.20. The fourth-order valence-electron chi connectivity index (χ4n) is 3.98. The number of hydrogen-bond donors (Lipinski definition) is 0. The van der Waals surface area contributed by atoms with Crippen LogP contribution < -0.4 is 4.90 Å². The molecular weight excluding hydrogens is 311 g/mol. The summed E-state index contributed by atoms with van der Waals surface area (Å²) in [5.41, 5.74) is -0.544. The molecule has 1 saturated heterocycles. The molecule has 1 saturated carbocycles. The smallest absolute Gasteiger partial charge is 0.274 e. The molecule has 1 aromatic rings. The summed E-state index contributed by atoms with van der Waals surface area (Å²) in [5, 5.41) is 0. The van der Waals surface area contributed by atoms with Crippen molar-refractivity contribution in [2.24, 2.45) is 23.7 Å². The molecule has 1 heterocycles. The van der Waals surface area contributed by atoms with Gasteiger partial charge in [-0.1, -0.05) is 30.4 Å². The van der Waals surface area contributed by atoms with Gasteiger partial charge in [-0.3, -0.25) is 9.69 Å². The van der Waals surface area contributed by atoms with Crippen molar-refractivity contribution in [2.45, 2.75) is 12.6 Å². The molecule has 0 aromatic heterocycles. The molecule has 2 aliphatic carbocycles. The molecule has 6 heteroatoms. The van der Waals surface area contributed by atoms with E-state index in [1.165, 1.54) is 17.0 Å². The highest BCUT2D eigenvalue weighted by atomic mass is 32.1. The number of rotatable bonds is 1. The van der Waals surface area contributed by atoms with Gasteiger partial charge in [-0.15, -0.1) is 0 Å². The molecule has 4 unspecified atom stereocenters. The lowest BCUT2D eigenvalue weighted by Crippen LogP contribution is -2.32. The highest BCUT2D eigenvalue weighted by molar-refractivity contribution is 7.80. The Bertz CT molecular complexity index is 682. The van der Waals surface area contributed by atoms with Crippen LogP contribution in [-0.2, 0) is 11.0 Å². The van der Waals surface area contributed by atoms with Gasteiger partial charge in [-0.25, -0.2) is 0 Å². The fraction of sp³-hybridized carbons (Fsp3) is 0.375. The first-order chi connectivity index (χ1) is 10.4. The normalized spacial score (nSPS) is 33.0. The largest absolute Gasteiger partial charge is 0.416 e. The van der Waals surface area contributed by atoms with E-state index in [1.807, 2.05) is 6.08 Å². The molecule has 2 bridgehead atoms. The Kier molecular flexibility index (Phi) is 2.79. The highest BCUT2D eigenvalue weighted by Crippen LogP contribution is 2.53. The van der Waals surface area contributed by atoms with E-state index in [4.69, 9.17) is 12.2 Å². The third-order valence-corrected chi connectivity index (χ3v) is 5.36. The van der Waals surface area contributed by atoms with Crippen molar-refractivity contribution in [2.75, 3.05) is 4.90 Å². The minimum atomic E-state index is -4.43. The molecule has 0 radical (unpaired) electrons.